The van der Waals surface area contributed by atoms with Crippen LogP contribution in [0, 0.1) is 0 Å². The first-order valence-electron chi connectivity index (χ1n) is 6.04. The maximum Gasteiger partial charge on any atom is 0.163 e. The standard InChI is InChI=1S/C14H12Br2N2O2/c15-8-1-2-11(9(16)5-8)18-12-7-14-13(6-10(12)17)19-3-4-20-14/h1-2,5-7,18H,3-4,17H2. The third-order valence-electron chi connectivity index (χ3n) is 2.91. The van der Waals surface area contributed by atoms with E-state index in [1.54, 1.807) is 6.07 Å². The fraction of sp³-hybridized carbons (Fsp3) is 0.143. The highest BCUT2D eigenvalue weighted by Crippen LogP contribution is 2.39. The van der Waals surface area contributed by atoms with Gasteiger partial charge >= 0.3 is 0 Å². The van der Waals surface area contributed by atoms with Gasteiger partial charge in [-0.05, 0) is 34.1 Å². The van der Waals surface area contributed by atoms with Gasteiger partial charge in [0.1, 0.15) is 13.2 Å². The number of nitrogen functional groups attached to an aromatic ring is 1. The quantitative estimate of drug-likeness (QED) is 0.738. The lowest BCUT2D eigenvalue weighted by molar-refractivity contribution is 0.172. The number of benzene rings is 2. The molecule has 0 saturated heterocycles. The second kappa shape index (κ2) is 5.54. The lowest BCUT2D eigenvalue weighted by atomic mass is 10.2. The summed E-state index contributed by atoms with van der Waals surface area (Å²) in [6, 6.07) is 9.53. The molecule has 0 fully saturated rings. The Balaban J connectivity index is 1.94. The maximum absolute atomic E-state index is 6.05. The van der Waals surface area contributed by atoms with E-state index in [1.807, 2.05) is 24.3 Å². The Hall–Kier alpha value is -1.40. The molecule has 0 spiro atoms. The fourth-order valence-electron chi connectivity index (χ4n) is 1.95. The Bertz CT molecular complexity index is 662. The highest BCUT2D eigenvalue weighted by molar-refractivity contribution is 9.11. The molecule has 104 valence electrons. The van der Waals surface area contributed by atoms with Gasteiger partial charge in [0, 0.05) is 21.1 Å². The number of rotatable bonds is 2. The molecule has 3 rings (SSSR count). The summed E-state index contributed by atoms with van der Waals surface area (Å²) in [4.78, 5) is 0. The molecular weight excluding hydrogens is 388 g/mol. The van der Waals surface area contributed by atoms with E-state index in [1.165, 1.54) is 0 Å². The van der Waals surface area contributed by atoms with E-state index < -0.39 is 0 Å². The van der Waals surface area contributed by atoms with Crippen LogP contribution in [0.5, 0.6) is 11.5 Å². The topological polar surface area (TPSA) is 56.5 Å². The van der Waals surface area contributed by atoms with E-state index in [-0.39, 0.29) is 0 Å². The normalized spacial score (nSPS) is 13.1. The van der Waals surface area contributed by atoms with Gasteiger partial charge in [-0.25, -0.2) is 0 Å². The molecule has 6 heteroatoms. The molecule has 20 heavy (non-hydrogen) atoms. The minimum atomic E-state index is 0.553. The van der Waals surface area contributed by atoms with Gasteiger partial charge in [0.15, 0.2) is 11.5 Å². The van der Waals surface area contributed by atoms with Crippen molar-refractivity contribution in [2.45, 2.75) is 0 Å². The average molecular weight is 400 g/mol. The van der Waals surface area contributed by atoms with Crippen LogP contribution in [0.3, 0.4) is 0 Å². The molecule has 0 bridgehead atoms. The van der Waals surface area contributed by atoms with Crippen LogP contribution in [0.25, 0.3) is 0 Å². The van der Waals surface area contributed by atoms with E-state index in [9.17, 15) is 0 Å². The first-order valence-corrected chi connectivity index (χ1v) is 7.63. The number of fused-ring (bicyclic) bond motifs is 1. The van der Waals surface area contributed by atoms with E-state index >= 15 is 0 Å². The van der Waals surface area contributed by atoms with Gasteiger partial charge in [0.25, 0.3) is 0 Å². The van der Waals surface area contributed by atoms with Crippen LogP contribution in [0.2, 0.25) is 0 Å². The van der Waals surface area contributed by atoms with Crippen molar-refractivity contribution in [3.8, 4) is 11.5 Å². The predicted molar refractivity (Wildman–Crippen MR) is 87.0 cm³/mol. The highest BCUT2D eigenvalue weighted by Gasteiger charge is 2.15. The third kappa shape index (κ3) is 2.71. The second-order valence-electron chi connectivity index (χ2n) is 4.33. The number of hydrogen-bond donors (Lipinski definition) is 2. The van der Waals surface area contributed by atoms with Crippen LogP contribution in [0.4, 0.5) is 17.1 Å². The monoisotopic (exact) mass is 398 g/mol. The summed E-state index contributed by atoms with van der Waals surface area (Å²) in [6.07, 6.45) is 0. The molecule has 4 nitrogen and oxygen atoms in total. The zero-order chi connectivity index (χ0) is 14.1. The molecule has 2 aromatic carbocycles. The summed E-state index contributed by atoms with van der Waals surface area (Å²) in [6.45, 7) is 1.11. The van der Waals surface area contributed by atoms with Crippen molar-refractivity contribution in [2.75, 3.05) is 24.3 Å². The van der Waals surface area contributed by atoms with Crippen molar-refractivity contribution < 1.29 is 9.47 Å². The molecule has 2 aromatic rings. The maximum atomic E-state index is 6.05. The van der Waals surface area contributed by atoms with E-state index in [0.717, 1.165) is 20.3 Å². The van der Waals surface area contributed by atoms with Gasteiger partial charge in [-0.15, -0.1) is 0 Å². The molecular formula is C14H12Br2N2O2. The molecule has 1 heterocycles. The van der Waals surface area contributed by atoms with Crippen LogP contribution < -0.4 is 20.5 Å². The number of ether oxygens (including phenoxy) is 2. The number of anilines is 3. The largest absolute Gasteiger partial charge is 0.486 e. The Kier molecular flexibility index (Phi) is 3.76. The van der Waals surface area contributed by atoms with Gasteiger partial charge in [-0.3, -0.25) is 0 Å². The predicted octanol–water partition coefficient (Wildman–Crippen LogP) is 4.31. The number of nitrogens with two attached hydrogens (primary N) is 1. The number of halogens is 2. The van der Waals surface area contributed by atoms with Crippen molar-refractivity contribution in [2.24, 2.45) is 0 Å². The van der Waals surface area contributed by atoms with Gasteiger partial charge in [-0.1, -0.05) is 15.9 Å². The summed E-state index contributed by atoms with van der Waals surface area (Å²) in [5.41, 5.74) is 8.38. The van der Waals surface area contributed by atoms with Crippen molar-refractivity contribution >= 4 is 48.9 Å². The van der Waals surface area contributed by atoms with Crippen molar-refractivity contribution in [3.05, 3.63) is 39.3 Å². The Labute approximate surface area is 133 Å². The smallest absolute Gasteiger partial charge is 0.163 e. The lowest BCUT2D eigenvalue weighted by Crippen LogP contribution is -2.15. The van der Waals surface area contributed by atoms with Crippen molar-refractivity contribution in [1.29, 1.82) is 0 Å². The lowest BCUT2D eigenvalue weighted by Gasteiger charge is -2.21. The van der Waals surface area contributed by atoms with Crippen LogP contribution in [0.1, 0.15) is 0 Å². The van der Waals surface area contributed by atoms with Crippen LogP contribution in [0.15, 0.2) is 39.3 Å². The van der Waals surface area contributed by atoms with Crippen LogP contribution in [-0.4, -0.2) is 13.2 Å². The summed E-state index contributed by atoms with van der Waals surface area (Å²) >= 11 is 6.94. The minimum absolute atomic E-state index is 0.553. The van der Waals surface area contributed by atoms with Crippen LogP contribution >= 0.6 is 31.9 Å². The van der Waals surface area contributed by atoms with E-state index in [0.29, 0.717) is 30.4 Å². The summed E-state index contributed by atoms with van der Waals surface area (Å²) in [7, 11) is 0. The van der Waals surface area contributed by atoms with Crippen molar-refractivity contribution in [3.63, 3.8) is 0 Å². The summed E-state index contributed by atoms with van der Waals surface area (Å²) < 4.78 is 13.0. The van der Waals surface area contributed by atoms with Gasteiger partial charge in [-0.2, -0.15) is 0 Å². The third-order valence-corrected chi connectivity index (χ3v) is 4.06. The van der Waals surface area contributed by atoms with E-state index in [4.69, 9.17) is 15.2 Å². The minimum Gasteiger partial charge on any atom is -0.486 e. The molecule has 0 unspecified atom stereocenters. The Morgan fingerprint density at radius 1 is 0.950 bits per heavy atom. The molecule has 0 aromatic heterocycles. The Morgan fingerprint density at radius 2 is 1.65 bits per heavy atom. The molecule has 0 amide bonds. The molecule has 1 aliphatic rings. The second-order valence-corrected chi connectivity index (χ2v) is 6.10. The molecule has 3 N–H and O–H groups in total. The van der Waals surface area contributed by atoms with Gasteiger partial charge < -0.3 is 20.5 Å². The Morgan fingerprint density at radius 3 is 2.35 bits per heavy atom. The van der Waals surface area contributed by atoms with Crippen LogP contribution in [-0.2, 0) is 0 Å². The summed E-state index contributed by atoms with van der Waals surface area (Å²) in [5.74, 6) is 1.40. The average Bonchev–Trinajstić information content (AvgIpc) is 2.42. The molecule has 0 radical (unpaired) electrons. The molecule has 0 atom stereocenters. The first kappa shape index (κ1) is 13.6. The van der Waals surface area contributed by atoms with Gasteiger partial charge in [0.2, 0.25) is 0 Å². The number of nitrogens with one attached hydrogen (secondary N) is 1. The zero-order valence-corrected chi connectivity index (χ0v) is 13.6. The molecule has 0 aliphatic carbocycles. The van der Waals surface area contributed by atoms with E-state index in [2.05, 4.69) is 37.2 Å². The fourth-order valence-corrected chi connectivity index (χ4v) is 3.09. The summed E-state index contributed by atoms with van der Waals surface area (Å²) in [5, 5.41) is 3.29. The molecule has 1 aliphatic heterocycles. The molecule has 0 saturated carbocycles. The van der Waals surface area contributed by atoms with Crippen molar-refractivity contribution in [1.82, 2.24) is 0 Å². The van der Waals surface area contributed by atoms with Gasteiger partial charge in [0.05, 0.1) is 17.1 Å². The SMILES string of the molecule is Nc1cc2c(cc1Nc1ccc(Br)cc1Br)OCCO2. The zero-order valence-electron chi connectivity index (χ0n) is 10.5. The first-order chi connectivity index (χ1) is 9.63. The number of hydrogen-bond acceptors (Lipinski definition) is 4. The highest BCUT2D eigenvalue weighted by atomic mass is 79.9.